The number of H-pyrrole nitrogens is 1. The number of nitrogens with one attached hydrogen (secondary N) is 2. The Balaban J connectivity index is 1.24. The Morgan fingerprint density at radius 3 is 2.53 bits per heavy atom. The van der Waals surface area contributed by atoms with E-state index in [0.717, 1.165) is 58.9 Å². The van der Waals surface area contributed by atoms with Crippen molar-refractivity contribution < 1.29 is 0 Å². The van der Waals surface area contributed by atoms with Gasteiger partial charge < -0.3 is 10.2 Å². The van der Waals surface area contributed by atoms with Crippen molar-refractivity contribution in [3.8, 4) is 11.1 Å². The third-order valence-electron chi connectivity index (χ3n) is 7.84. The fraction of sp³-hybridized carbons (Fsp3) is 0.400. The molecule has 0 aliphatic carbocycles. The molecular weight excluding hydrogens is 472 g/mol. The SMILES string of the molecule is C=C(Nc1nccc(N2CCCCC2)c1C)c1[nH]nc2ncc(-c3cncc(CN4CCCCC4)c3)cc12. The van der Waals surface area contributed by atoms with Crippen LogP contribution in [0.3, 0.4) is 0 Å². The van der Waals surface area contributed by atoms with Crippen LogP contribution in [0.1, 0.15) is 55.3 Å². The molecule has 0 aromatic carbocycles. The van der Waals surface area contributed by atoms with Crippen molar-refractivity contribution in [2.24, 2.45) is 0 Å². The Kier molecular flexibility index (Phi) is 7.05. The van der Waals surface area contributed by atoms with Crippen molar-refractivity contribution in [1.29, 1.82) is 0 Å². The van der Waals surface area contributed by atoms with Crippen LogP contribution in [-0.2, 0) is 6.54 Å². The maximum absolute atomic E-state index is 4.63. The number of nitrogens with zero attached hydrogens (tertiary/aromatic N) is 6. The van der Waals surface area contributed by atoms with E-state index in [0.29, 0.717) is 5.65 Å². The number of aromatic amines is 1. The highest BCUT2D eigenvalue weighted by atomic mass is 15.2. The molecule has 38 heavy (non-hydrogen) atoms. The van der Waals surface area contributed by atoms with E-state index in [1.807, 2.05) is 24.8 Å². The zero-order chi connectivity index (χ0) is 25.9. The summed E-state index contributed by atoms with van der Waals surface area (Å²) in [6.07, 6.45) is 15.3. The zero-order valence-corrected chi connectivity index (χ0v) is 22.2. The van der Waals surface area contributed by atoms with Crippen LogP contribution in [0, 0.1) is 6.92 Å². The molecule has 2 aliphatic rings. The van der Waals surface area contributed by atoms with E-state index in [1.54, 1.807) is 0 Å². The second-order valence-electron chi connectivity index (χ2n) is 10.6. The summed E-state index contributed by atoms with van der Waals surface area (Å²) >= 11 is 0. The molecule has 0 spiro atoms. The smallest absolute Gasteiger partial charge is 0.181 e. The molecule has 0 unspecified atom stereocenters. The number of fused-ring (bicyclic) bond motifs is 1. The monoisotopic (exact) mass is 508 g/mol. The van der Waals surface area contributed by atoms with Crippen molar-refractivity contribution >= 4 is 28.2 Å². The van der Waals surface area contributed by atoms with Crippen molar-refractivity contribution in [3.63, 3.8) is 0 Å². The number of hydrogen-bond donors (Lipinski definition) is 2. The lowest BCUT2D eigenvalue weighted by molar-refractivity contribution is 0.220. The molecule has 2 fully saturated rings. The molecule has 2 saturated heterocycles. The van der Waals surface area contributed by atoms with E-state index < -0.39 is 0 Å². The van der Waals surface area contributed by atoms with Crippen LogP contribution in [0.2, 0.25) is 0 Å². The van der Waals surface area contributed by atoms with Crippen molar-refractivity contribution in [1.82, 2.24) is 30.0 Å². The number of likely N-dealkylation sites (tertiary alicyclic amines) is 1. The van der Waals surface area contributed by atoms with E-state index in [2.05, 4.69) is 72.0 Å². The lowest BCUT2D eigenvalue weighted by atomic mass is 10.0. The predicted octanol–water partition coefficient (Wildman–Crippen LogP) is 5.78. The summed E-state index contributed by atoms with van der Waals surface area (Å²) in [5, 5.41) is 11.9. The standard InChI is InChI=1S/C30H36N8/c1-21-27(38-13-7-4-8-14-38)9-10-32-29(21)34-22(2)28-26-16-25(19-33-30(26)36-35-28)24-15-23(17-31-18-24)20-37-11-5-3-6-12-37/h9-10,15-19H,2-8,11-14,20H2,1H3,(H,32,34)(H,33,35,36). The highest BCUT2D eigenvalue weighted by Gasteiger charge is 2.18. The molecule has 0 amide bonds. The number of pyridine rings is 3. The molecule has 2 N–H and O–H groups in total. The van der Waals surface area contributed by atoms with Crippen LogP contribution >= 0.6 is 0 Å². The average molecular weight is 509 g/mol. The second kappa shape index (κ2) is 10.9. The Labute approximate surface area is 224 Å². The van der Waals surface area contributed by atoms with Gasteiger partial charge >= 0.3 is 0 Å². The van der Waals surface area contributed by atoms with Gasteiger partial charge in [-0.2, -0.15) is 5.10 Å². The largest absolute Gasteiger partial charge is 0.371 e. The average Bonchev–Trinajstić information content (AvgIpc) is 3.39. The van der Waals surface area contributed by atoms with Crippen LogP contribution in [0.5, 0.6) is 0 Å². The molecule has 4 aromatic heterocycles. The Hall–Kier alpha value is -3.78. The van der Waals surface area contributed by atoms with Crippen molar-refractivity contribution in [3.05, 3.63) is 66.4 Å². The van der Waals surface area contributed by atoms with Gasteiger partial charge in [0.1, 0.15) is 5.82 Å². The van der Waals surface area contributed by atoms with Gasteiger partial charge in [-0.25, -0.2) is 9.97 Å². The third-order valence-corrected chi connectivity index (χ3v) is 7.84. The first-order valence-corrected chi connectivity index (χ1v) is 13.8. The summed E-state index contributed by atoms with van der Waals surface area (Å²) in [6, 6.07) is 6.47. The molecule has 4 aromatic rings. The molecule has 2 aliphatic heterocycles. The summed E-state index contributed by atoms with van der Waals surface area (Å²) in [4.78, 5) is 18.8. The molecular formula is C30H36N8. The fourth-order valence-electron chi connectivity index (χ4n) is 5.73. The minimum atomic E-state index is 0.663. The first-order valence-electron chi connectivity index (χ1n) is 13.8. The normalized spacial score (nSPS) is 16.6. The molecule has 6 heterocycles. The van der Waals surface area contributed by atoms with Gasteiger partial charge in [-0.1, -0.05) is 13.0 Å². The molecule has 6 rings (SSSR count). The summed E-state index contributed by atoms with van der Waals surface area (Å²) < 4.78 is 0. The maximum Gasteiger partial charge on any atom is 0.181 e. The summed E-state index contributed by atoms with van der Waals surface area (Å²) in [5.74, 6) is 0.819. The number of rotatable bonds is 7. The van der Waals surface area contributed by atoms with Gasteiger partial charge in [-0.05, 0) is 75.9 Å². The number of aromatic nitrogens is 5. The van der Waals surface area contributed by atoms with Gasteiger partial charge in [-0.15, -0.1) is 0 Å². The third kappa shape index (κ3) is 5.13. The summed E-state index contributed by atoms with van der Waals surface area (Å²) in [6.45, 7) is 11.9. The number of hydrogen-bond acceptors (Lipinski definition) is 7. The van der Waals surface area contributed by atoms with Gasteiger partial charge in [0.25, 0.3) is 0 Å². The fourth-order valence-corrected chi connectivity index (χ4v) is 5.73. The first-order chi connectivity index (χ1) is 18.7. The highest BCUT2D eigenvalue weighted by Crippen LogP contribution is 2.31. The van der Waals surface area contributed by atoms with E-state index in [-0.39, 0.29) is 0 Å². The van der Waals surface area contributed by atoms with Crippen LogP contribution < -0.4 is 10.2 Å². The molecule has 0 radical (unpaired) electrons. The molecule has 0 saturated carbocycles. The molecule has 8 heteroatoms. The quantitative estimate of drug-likeness (QED) is 0.327. The van der Waals surface area contributed by atoms with Crippen LogP contribution in [0.4, 0.5) is 11.5 Å². The summed E-state index contributed by atoms with van der Waals surface area (Å²) in [7, 11) is 0. The minimum absolute atomic E-state index is 0.663. The van der Waals surface area contributed by atoms with Crippen LogP contribution in [-0.4, -0.2) is 56.2 Å². The van der Waals surface area contributed by atoms with Crippen LogP contribution in [0.15, 0.2) is 49.6 Å². The lowest BCUT2D eigenvalue weighted by Crippen LogP contribution is -2.30. The van der Waals surface area contributed by atoms with Gasteiger partial charge in [0.15, 0.2) is 5.65 Å². The van der Waals surface area contributed by atoms with E-state index in [9.17, 15) is 0 Å². The Morgan fingerprint density at radius 2 is 1.71 bits per heavy atom. The van der Waals surface area contributed by atoms with Gasteiger partial charge in [-0.3, -0.25) is 15.0 Å². The Morgan fingerprint density at radius 1 is 0.947 bits per heavy atom. The van der Waals surface area contributed by atoms with Gasteiger partial charge in [0, 0.05) is 72.2 Å². The molecule has 0 atom stereocenters. The maximum atomic E-state index is 4.63. The van der Waals surface area contributed by atoms with Crippen LogP contribution in [0.25, 0.3) is 27.9 Å². The lowest BCUT2D eigenvalue weighted by Gasteiger charge is -2.30. The van der Waals surface area contributed by atoms with E-state index in [1.165, 1.54) is 62.9 Å². The molecule has 0 bridgehead atoms. The van der Waals surface area contributed by atoms with E-state index in [4.69, 9.17) is 0 Å². The van der Waals surface area contributed by atoms with Crippen molar-refractivity contribution in [2.75, 3.05) is 36.4 Å². The van der Waals surface area contributed by atoms with Gasteiger partial charge in [0.05, 0.1) is 11.4 Å². The van der Waals surface area contributed by atoms with E-state index >= 15 is 0 Å². The number of anilines is 2. The predicted molar refractivity (Wildman–Crippen MR) is 154 cm³/mol. The second-order valence-corrected chi connectivity index (χ2v) is 10.6. The molecule has 196 valence electrons. The topological polar surface area (TPSA) is 85.9 Å². The minimum Gasteiger partial charge on any atom is -0.371 e. The highest BCUT2D eigenvalue weighted by molar-refractivity contribution is 5.93. The first kappa shape index (κ1) is 24.6. The van der Waals surface area contributed by atoms with Gasteiger partial charge in [0.2, 0.25) is 0 Å². The van der Waals surface area contributed by atoms with Crippen molar-refractivity contribution in [2.45, 2.75) is 52.0 Å². The molecule has 8 nitrogen and oxygen atoms in total. The number of piperidine rings is 2. The summed E-state index contributed by atoms with van der Waals surface area (Å²) in [5.41, 5.74) is 7.88. The Bertz CT molecular complexity index is 1430. The zero-order valence-electron chi connectivity index (χ0n) is 22.2.